The van der Waals surface area contributed by atoms with Gasteiger partial charge in [0.25, 0.3) is 10.1 Å². The van der Waals surface area contributed by atoms with Crippen LogP contribution in [-0.2, 0) is 16.5 Å². The number of benzene rings is 1. The minimum Gasteiger partial charge on any atom is -0.329 e. The molecule has 0 aliphatic rings. The molecule has 1 atom stereocenters. The van der Waals surface area contributed by atoms with Crippen molar-refractivity contribution in [1.29, 1.82) is 0 Å². The van der Waals surface area contributed by atoms with E-state index in [2.05, 4.69) is 0 Å². The number of hydrogen-bond acceptors (Lipinski definition) is 3. The Hall–Kier alpha value is -0.910. The Morgan fingerprint density at radius 1 is 1.29 bits per heavy atom. The lowest BCUT2D eigenvalue weighted by Gasteiger charge is -2.10. The van der Waals surface area contributed by atoms with Crippen LogP contribution in [-0.4, -0.2) is 24.8 Å². The van der Waals surface area contributed by atoms with Crippen LogP contribution in [0.3, 0.4) is 0 Å². The van der Waals surface area contributed by atoms with Crippen LogP contribution < -0.4 is 5.73 Å². The minimum atomic E-state index is -4.04. The summed E-state index contributed by atoms with van der Waals surface area (Å²) in [6, 6.07) is 9.07. The van der Waals surface area contributed by atoms with Crippen molar-refractivity contribution in [3.63, 3.8) is 0 Å². The molecule has 0 aliphatic carbocycles. The fourth-order valence-electron chi connectivity index (χ4n) is 1.19. The maximum atomic E-state index is 10.8. The van der Waals surface area contributed by atoms with Crippen molar-refractivity contribution in [2.75, 3.05) is 6.54 Å². The van der Waals surface area contributed by atoms with Gasteiger partial charge in [0, 0.05) is 6.54 Å². The summed E-state index contributed by atoms with van der Waals surface area (Å²) >= 11 is 0. The summed E-state index contributed by atoms with van der Waals surface area (Å²) in [7, 11) is -4.04. The van der Waals surface area contributed by atoms with Crippen LogP contribution in [0.25, 0.3) is 0 Å². The molecule has 0 saturated carbocycles. The largest absolute Gasteiger partial charge is 0.329 e. The lowest BCUT2D eigenvalue weighted by atomic mass is 10.1. The van der Waals surface area contributed by atoms with Crippen molar-refractivity contribution in [3.8, 4) is 0 Å². The summed E-state index contributed by atoms with van der Waals surface area (Å²) in [5.74, 6) is 0. The van der Waals surface area contributed by atoms with E-state index in [0.29, 0.717) is 0 Å². The van der Waals surface area contributed by atoms with Gasteiger partial charge in [0.2, 0.25) is 0 Å². The monoisotopic (exact) mass is 215 g/mol. The van der Waals surface area contributed by atoms with Gasteiger partial charge in [-0.1, -0.05) is 30.3 Å². The zero-order valence-corrected chi connectivity index (χ0v) is 8.44. The van der Waals surface area contributed by atoms with Crippen LogP contribution in [0.2, 0.25) is 0 Å². The predicted molar refractivity (Wildman–Crippen MR) is 54.5 cm³/mol. The molecule has 78 valence electrons. The second kappa shape index (κ2) is 4.54. The van der Waals surface area contributed by atoms with Gasteiger partial charge >= 0.3 is 0 Å². The number of hydrogen-bond donors (Lipinski definition) is 2. The van der Waals surface area contributed by atoms with Gasteiger partial charge in [0.1, 0.15) is 5.25 Å². The van der Waals surface area contributed by atoms with Crippen LogP contribution in [0.5, 0.6) is 0 Å². The highest BCUT2D eigenvalue weighted by molar-refractivity contribution is 7.86. The first kappa shape index (κ1) is 11.2. The van der Waals surface area contributed by atoms with Gasteiger partial charge in [0.05, 0.1) is 0 Å². The van der Waals surface area contributed by atoms with Crippen LogP contribution in [0.4, 0.5) is 0 Å². The molecule has 1 aromatic carbocycles. The van der Waals surface area contributed by atoms with E-state index in [-0.39, 0.29) is 13.0 Å². The molecule has 1 unspecified atom stereocenters. The highest BCUT2D eigenvalue weighted by Gasteiger charge is 2.21. The molecule has 0 radical (unpaired) electrons. The van der Waals surface area contributed by atoms with Gasteiger partial charge in [-0.25, -0.2) is 0 Å². The SMILES string of the molecule is NCC(Cc1ccccc1)S(=O)(=O)O. The van der Waals surface area contributed by atoms with E-state index >= 15 is 0 Å². The molecule has 0 heterocycles. The molecule has 4 nitrogen and oxygen atoms in total. The van der Waals surface area contributed by atoms with Gasteiger partial charge in [-0.05, 0) is 12.0 Å². The smallest absolute Gasteiger partial charge is 0.269 e. The average Bonchev–Trinajstić information content (AvgIpc) is 2.14. The van der Waals surface area contributed by atoms with E-state index in [9.17, 15) is 8.42 Å². The van der Waals surface area contributed by atoms with Gasteiger partial charge < -0.3 is 5.73 Å². The first-order valence-corrected chi connectivity index (χ1v) is 5.74. The first-order chi connectivity index (χ1) is 6.54. The van der Waals surface area contributed by atoms with E-state index < -0.39 is 15.4 Å². The van der Waals surface area contributed by atoms with Crippen LogP contribution >= 0.6 is 0 Å². The predicted octanol–water partition coefficient (Wildman–Crippen LogP) is 0.444. The maximum absolute atomic E-state index is 10.8. The van der Waals surface area contributed by atoms with Crippen molar-refractivity contribution >= 4 is 10.1 Å². The summed E-state index contributed by atoms with van der Waals surface area (Å²) in [6.07, 6.45) is 0.246. The quantitative estimate of drug-likeness (QED) is 0.714. The number of rotatable bonds is 4. The molecule has 5 heteroatoms. The normalized spacial score (nSPS) is 13.9. The zero-order chi connectivity index (χ0) is 10.6. The fraction of sp³-hybridized carbons (Fsp3) is 0.333. The molecule has 0 saturated heterocycles. The van der Waals surface area contributed by atoms with Crippen molar-refractivity contribution in [2.24, 2.45) is 5.73 Å². The van der Waals surface area contributed by atoms with Gasteiger partial charge in [-0.2, -0.15) is 8.42 Å². The molecular formula is C9H13NO3S. The molecule has 0 aromatic heterocycles. The molecule has 3 N–H and O–H groups in total. The maximum Gasteiger partial charge on any atom is 0.269 e. The Morgan fingerprint density at radius 3 is 2.29 bits per heavy atom. The summed E-state index contributed by atoms with van der Waals surface area (Å²) in [4.78, 5) is 0. The Morgan fingerprint density at radius 2 is 1.86 bits per heavy atom. The molecule has 0 bridgehead atoms. The lowest BCUT2D eigenvalue weighted by molar-refractivity contribution is 0.466. The zero-order valence-electron chi connectivity index (χ0n) is 7.63. The van der Waals surface area contributed by atoms with Crippen LogP contribution in [0.1, 0.15) is 5.56 Å². The van der Waals surface area contributed by atoms with Crippen LogP contribution in [0, 0.1) is 0 Å². The third-order valence-electron chi connectivity index (χ3n) is 1.99. The third-order valence-corrected chi connectivity index (χ3v) is 3.19. The van der Waals surface area contributed by atoms with Crippen molar-refractivity contribution in [1.82, 2.24) is 0 Å². The highest BCUT2D eigenvalue weighted by atomic mass is 32.2. The Balaban J connectivity index is 2.77. The minimum absolute atomic E-state index is 0.0757. The molecule has 0 spiro atoms. The first-order valence-electron chi connectivity index (χ1n) is 4.24. The van der Waals surface area contributed by atoms with E-state index in [1.807, 2.05) is 18.2 Å². The van der Waals surface area contributed by atoms with E-state index in [1.165, 1.54) is 0 Å². The summed E-state index contributed by atoms with van der Waals surface area (Å²) in [6.45, 7) is -0.0757. The second-order valence-corrected chi connectivity index (χ2v) is 4.76. The highest BCUT2D eigenvalue weighted by Crippen LogP contribution is 2.07. The van der Waals surface area contributed by atoms with Crippen LogP contribution in [0.15, 0.2) is 30.3 Å². The molecular weight excluding hydrogens is 202 g/mol. The Labute approximate surface area is 83.5 Å². The summed E-state index contributed by atoms with van der Waals surface area (Å²) < 4.78 is 30.5. The van der Waals surface area contributed by atoms with Crippen molar-refractivity contribution in [2.45, 2.75) is 11.7 Å². The van der Waals surface area contributed by atoms with E-state index in [4.69, 9.17) is 10.3 Å². The van der Waals surface area contributed by atoms with E-state index in [1.54, 1.807) is 12.1 Å². The molecule has 1 aromatic rings. The molecule has 14 heavy (non-hydrogen) atoms. The standard InChI is InChI=1S/C9H13NO3S/c10-7-9(14(11,12)13)6-8-4-2-1-3-5-8/h1-5,9H,6-7,10H2,(H,11,12,13). The summed E-state index contributed by atoms with van der Waals surface area (Å²) in [5, 5.41) is -0.912. The second-order valence-electron chi connectivity index (χ2n) is 3.06. The van der Waals surface area contributed by atoms with Crippen molar-refractivity contribution in [3.05, 3.63) is 35.9 Å². The summed E-state index contributed by atoms with van der Waals surface area (Å²) in [5.41, 5.74) is 6.12. The molecule has 0 fully saturated rings. The van der Waals surface area contributed by atoms with Gasteiger partial charge in [-0.15, -0.1) is 0 Å². The average molecular weight is 215 g/mol. The van der Waals surface area contributed by atoms with E-state index in [0.717, 1.165) is 5.56 Å². The third kappa shape index (κ3) is 3.10. The number of nitrogens with two attached hydrogens (primary N) is 1. The lowest BCUT2D eigenvalue weighted by Crippen LogP contribution is -2.31. The van der Waals surface area contributed by atoms with Crippen molar-refractivity contribution < 1.29 is 13.0 Å². The Kier molecular flexibility index (Phi) is 3.62. The Bertz CT molecular complexity index is 374. The molecule has 1 rings (SSSR count). The topological polar surface area (TPSA) is 80.4 Å². The van der Waals surface area contributed by atoms with Gasteiger partial charge in [0.15, 0.2) is 0 Å². The fourth-order valence-corrected chi connectivity index (χ4v) is 1.83. The van der Waals surface area contributed by atoms with Gasteiger partial charge in [-0.3, -0.25) is 4.55 Å². The molecule has 0 aliphatic heterocycles. The molecule has 0 amide bonds.